The molecule has 0 saturated carbocycles. The molecule has 6 heteroatoms. The Bertz CT molecular complexity index is 1100. The molecule has 0 unspecified atom stereocenters. The van der Waals surface area contributed by atoms with Crippen molar-refractivity contribution in [1.29, 1.82) is 5.41 Å². The Hall–Kier alpha value is -3.93. The zero-order chi connectivity index (χ0) is 21.1. The van der Waals surface area contributed by atoms with Crippen molar-refractivity contribution in [3.05, 3.63) is 95.1 Å². The van der Waals surface area contributed by atoms with Crippen LogP contribution in [0.3, 0.4) is 0 Å². The minimum absolute atomic E-state index is 0.294. The van der Waals surface area contributed by atoms with Crippen LogP contribution in [-0.4, -0.2) is 35.6 Å². The Morgan fingerprint density at radius 2 is 1.43 bits per heavy atom. The van der Waals surface area contributed by atoms with Crippen molar-refractivity contribution >= 4 is 29.0 Å². The van der Waals surface area contributed by atoms with Gasteiger partial charge in [0, 0.05) is 29.9 Å². The molecule has 150 valence electrons. The second kappa shape index (κ2) is 8.21. The highest BCUT2D eigenvalue weighted by Gasteiger charge is 2.22. The fraction of sp³-hybridized carbons (Fsp3) is 0.125. The summed E-state index contributed by atoms with van der Waals surface area (Å²) in [6, 6.07) is 21.4. The standard InChI is InChI=1S/C24H22N4O2/c1-16-6-12-19(13-7-16)26-24(30)20-4-2-3-5-21(20)27-23(29)18-10-8-17(9-11-18)22(25)28-14-15-28/h2-13,25H,14-15H2,1H3,(H,26,30)(H,27,29). The molecule has 0 aromatic heterocycles. The summed E-state index contributed by atoms with van der Waals surface area (Å²) in [5.74, 6) is -0.132. The number of carbonyl (C=O) groups excluding carboxylic acids is 2. The van der Waals surface area contributed by atoms with Crippen LogP contribution in [-0.2, 0) is 0 Å². The van der Waals surface area contributed by atoms with Crippen LogP contribution < -0.4 is 10.6 Å². The van der Waals surface area contributed by atoms with E-state index in [0.717, 1.165) is 24.2 Å². The number of rotatable bonds is 5. The minimum atomic E-state index is -0.310. The smallest absolute Gasteiger partial charge is 0.257 e. The van der Waals surface area contributed by atoms with Gasteiger partial charge in [0.2, 0.25) is 0 Å². The number of nitrogens with zero attached hydrogens (tertiary/aromatic N) is 1. The first-order valence-corrected chi connectivity index (χ1v) is 9.73. The van der Waals surface area contributed by atoms with E-state index in [1.165, 1.54) is 0 Å². The normalized spacial score (nSPS) is 12.2. The molecule has 4 rings (SSSR count). The van der Waals surface area contributed by atoms with Crippen LogP contribution in [0.2, 0.25) is 0 Å². The van der Waals surface area contributed by atoms with Gasteiger partial charge in [-0.05, 0) is 43.3 Å². The molecular weight excluding hydrogens is 376 g/mol. The molecule has 1 saturated heterocycles. The maximum Gasteiger partial charge on any atom is 0.257 e. The highest BCUT2D eigenvalue weighted by atomic mass is 16.2. The van der Waals surface area contributed by atoms with E-state index >= 15 is 0 Å². The van der Waals surface area contributed by atoms with Crippen molar-refractivity contribution in [2.24, 2.45) is 0 Å². The molecule has 1 heterocycles. The zero-order valence-electron chi connectivity index (χ0n) is 16.6. The van der Waals surface area contributed by atoms with E-state index in [-0.39, 0.29) is 11.8 Å². The van der Waals surface area contributed by atoms with Gasteiger partial charge in [-0.1, -0.05) is 42.0 Å². The molecule has 3 aromatic carbocycles. The molecule has 0 bridgehead atoms. The number of hydrogen-bond acceptors (Lipinski definition) is 3. The third kappa shape index (κ3) is 4.38. The number of carbonyl (C=O) groups is 2. The second-order valence-electron chi connectivity index (χ2n) is 7.23. The van der Waals surface area contributed by atoms with Crippen molar-refractivity contribution in [3.8, 4) is 0 Å². The molecular formula is C24H22N4O2. The topological polar surface area (TPSA) is 85.1 Å². The van der Waals surface area contributed by atoms with Gasteiger partial charge in [-0.2, -0.15) is 0 Å². The second-order valence-corrected chi connectivity index (χ2v) is 7.23. The molecule has 0 atom stereocenters. The van der Waals surface area contributed by atoms with Gasteiger partial charge in [-0.15, -0.1) is 0 Å². The summed E-state index contributed by atoms with van der Waals surface area (Å²) in [7, 11) is 0. The van der Waals surface area contributed by atoms with Crippen molar-refractivity contribution in [3.63, 3.8) is 0 Å². The lowest BCUT2D eigenvalue weighted by Gasteiger charge is -2.12. The highest BCUT2D eigenvalue weighted by molar-refractivity contribution is 6.12. The number of nitrogens with one attached hydrogen (secondary N) is 3. The van der Waals surface area contributed by atoms with Crippen molar-refractivity contribution in [2.75, 3.05) is 23.7 Å². The molecule has 1 aliphatic rings. The third-order valence-electron chi connectivity index (χ3n) is 4.91. The number of aryl methyl sites for hydroxylation is 1. The summed E-state index contributed by atoms with van der Waals surface area (Å²) in [5, 5.41) is 13.7. The summed E-state index contributed by atoms with van der Waals surface area (Å²) < 4.78 is 0. The Morgan fingerprint density at radius 3 is 2.10 bits per heavy atom. The highest BCUT2D eigenvalue weighted by Crippen LogP contribution is 2.19. The van der Waals surface area contributed by atoms with Crippen molar-refractivity contribution < 1.29 is 9.59 Å². The molecule has 6 nitrogen and oxygen atoms in total. The summed E-state index contributed by atoms with van der Waals surface area (Å²) in [5.41, 5.74) is 3.86. The molecule has 1 aliphatic heterocycles. The SMILES string of the molecule is Cc1ccc(NC(=O)c2ccccc2NC(=O)c2ccc(C(=N)N3CC3)cc2)cc1. The first-order chi connectivity index (χ1) is 14.5. The third-order valence-corrected chi connectivity index (χ3v) is 4.91. The molecule has 30 heavy (non-hydrogen) atoms. The average molecular weight is 398 g/mol. The Labute approximate surface area is 175 Å². The predicted octanol–water partition coefficient (Wildman–Crippen LogP) is 4.14. The Kier molecular flexibility index (Phi) is 5.30. The first-order valence-electron chi connectivity index (χ1n) is 9.73. The fourth-order valence-electron chi connectivity index (χ4n) is 3.06. The van der Waals surface area contributed by atoms with Crippen LogP contribution in [0.25, 0.3) is 0 Å². The van der Waals surface area contributed by atoms with E-state index in [2.05, 4.69) is 10.6 Å². The summed E-state index contributed by atoms with van der Waals surface area (Å²) in [6.07, 6.45) is 0. The Balaban J connectivity index is 1.47. The molecule has 3 N–H and O–H groups in total. The van der Waals surface area contributed by atoms with Gasteiger partial charge in [-0.3, -0.25) is 15.0 Å². The number of para-hydroxylation sites is 1. The lowest BCUT2D eigenvalue weighted by Crippen LogP contribution is -2.18. The van der Waals surface area contributed by atoms with Crippen molar-refractivity contribution in [1.82, 2.24) is 4.90 Å². The minimum Gasteiger partial charge on any atom is -0.353 e. The van der Waals surface area contributed by atoms with E-state index in [0.29, 0.717) is 28.3 Å². The van der Waals surface area contributed by atoms with E-state index in [4.69, 9.17) is 5.41 Å². The van der Waals surface area contributed by atoms with Crippen molar-refractivity contribution in [2.45, 2.75) is 6.92 Å². The molecule has 2 amide bonds. The number of amidine groups is 1. The van der Waals surface area contributed by atoms with E-state index < -0.39 is 0 Å². The monoisotopic (exact) mass is 398 g/mol. The van der Waals surface area contributed by atoms with Crippen LogP contribution in [0.5, 0.6) is 0 Å². The largest absolute Gasteiger partial charge is 0.353 e. The lowest BCUT2D eigenvalue weighted by atomic mass is 10.1. The van der Waals surface area contributed by atoms with Gasteiger partial charge in [-0.25, -0.2) is 0 Å². The summed E-state index contributed by atoms with van der Waals surface area (Å²) in [6.45, 7) is 3.79. The average Bonchev–Trinajstić information content (AvgIpc) is 3.61. The molecule has 0 radical (unpaired) electrons. The van der Waals surface area contributed by atoms with Gasteiger partial charge in [0.05, 0.1) is 11.3 Å². The van der Waals surface area contributed by atoms with Crippen LogP contribution in [0.15, 0.2) is 72.8 Å². The predicted molar refractivity (Wildman–Crippen MR) is 118 cm³/mol. The zero-order valence-corrected chi connectivity index (χ0v) is 16.6. The maximum atomic E-state index is 12.7. The molecule has 0 spiro atoms. The number of benzene rings is 3. The summed E-state index contributed by atoms with van der Waals surface area (Å²) in [4.78, 5) is 27.4. The van der Waals surface area contributed by atoms with Crippen LogP contribution in [0, 0.1) is 12.3 Å². The lowest BCUT2D eigenvalue weighted by molar-refractivity contribution is 0.102. The number of hydrogen-bond donors (Lipinski definition) is 3. The van der Waals surface area contributed by atoms with Crippen LogP contribution >= 0.6 is 0 Å². The number of amides is 2. The molecule has 0 aliphatic carbocycles. The first kappa shape index (κ1) is 19.4. The van der Waals surface area contributed by atoms with E-state index in [1.807, 2.05) is 36.1 Å². The van der Waals surface area contributed by atoms with Gasteiger partial charge < -0.3 is 15.5 Å². The fourth-order valence-corrected chi connectivity index (χ4v) is 3.06. The van der Waals surface area contributed by atoms with Gasteiger partial charge in [0.25, 0.3) is 11.8 Å². The van der Waals surface area contributed by atoms with Gasteiger partial charge in [0.15, 0.2) is 0 Å². The van der Waals surface area contributed by atoms with E-state index in [1.54, 1.807) is 48.5 Å². The van der Waals surface area contributed by atoms with Gasteiger partial charge >= 0.3 is 0 Å². The quantitative estimate of drug-likeness (QED) is 0.343. The van der Waals surface area contributed by atoms with Crippen LogP contribution in [0.4, 0.5) is 11.4 Å². The summed E-state index contributed by atoms with van der Waals surface area (Å²) >= 11 is 0. The Morgan fingerprint density at radius 1 is 0.800 bits per heavy atom. The molecule has 3 aromatic rings. The van der Waals surface area contributed by atoms with Crippen LogP contribution in [0.1, 0.15) is 31.8 Å². The molecule has 1 fully saturated rings. The number of anilines is 2. The van der Waals surface area contributed by atoms with E-state index in [9.17, 15) is 9.59 Å². The van der Waals surface area contributed by atoms with Gasteiger partial charge in [0.1, 0.15) is 5.84 Å². The maximum absolute atomic E-state index is 12.7.